The van der Waals surface area contributed by atoms with Gasteiger partial charge in [-0.05, 0) is 30.3 Å². The highest BCUT2D eigenvalue weighted by atomic mass is 32.2. The van der Waals surface area contributed by atoms with Crippen molar-refractivity contribution in [2.45, 2.75) is 10.1 Å². The van der Waals surface area contributed by atoms with Gasteiger partial charge < -0.3 is 4.98 Å². The number of aromatic nitrogens is 3. The van der Waals surface area contributed by atoms with Crippen LogP contribution in [0, 0.1) is 5.82 Å². The van der Waals surface area contributed by atoms with Crippen LogP contribution in [-0.4, -0.2) is 23.6 Å². The summed E-state index contributed by atoms with van der Waals surface area (Å²) in [6.45, 7) is 0. The first-order valence-corrected chi connectivity index (χ1v) is 7.04. The van der Waals surface area contributed by atoms with Gasteiger partial charge in [-0.3, -0.25) is 4.79 Å². The minimum Gasteiger partial charge on any atom is -0.345 e. The molecule has 0 aliphatic rings. The van der Waals surface area contributed by atoms with E-state index in [0.29, 0.717) is 10.9 Å². The van der Waals surface area contributed by atoms with Gasteiger partial charge in [0.2, 0.25) is 9.84 Å². The number of fused-ring (bicyclic) bond motifs is 1. The van der Waals surface area contributed by atoms with E-state index in [4.69, 9.17) is 0 Å². The third-order valence-corrected chi connectivity index (χ3v) is 4.35. The maximum atomic E-state index is 13.1. The molecule has 0 radical (unpaired) electrons. The Morgan fingerprint density at radius 1 is 1.10 bits per heavy atom. The van der Waals surface area contributed by atoms with Crippen molar-refractivity contribution in [3.8, 4) is 0 Å². The van der Waals surface area contributed by atoms with Crippen molar-refractivity contribution in [1.29, 1.82) is 0 Å². The number of nitrogens with one attached hydrogen (secondary N) is 2. The number of hydrogen-bond donors (Lipinski definition) is 2. The molecule has 0 unspecified atom stereocenters. The van der Waals surface area contributed by atoms with Gasteiger partial charge in [0.15, 0.2) is 5.03 Å². The molecule has 3 aromatic rings. The smallest absolute Gasteiger partial charge is 0.264 e. The lowest BCUT2D eigenvalue weighted by molar-refractivity contribution is 0.587. The fourth-order valence-corrected chi connectivity index (χ4v) is 2.98. The Balaban J connectivity index is 2.18. The number of halogens is 1. The van der Waals surface area contributed by atoms with Crippen LogP contribution in [0.25, 0.3) is 10.9 Å². The first-order valence-electron chi connectivity index (χ1n) is 5.56. The van der Waals surface area contributed by atoms with Gasteiger partial charge in [0.05, 0.1) is 0 Å². The Labute approximate surface area is 112 Å². The minimum atomic E-state index is -3.89. The molecule has 0 bridgehead atoms. The van der Waals surface area contributed by atoms with Gasteiger partial charge >= 0.3 is 0 Å². The van der Waals surface area contributed by atoms with Crippen molar-refractivity contribution >= 4 is 20.7 Å². The highest BCUT2D eigenvalue weighted by Gasteiger charge is 2.21. The van der Waals surface area contributed by atoms with Crippen molar-refractivity contribution in [1.82, 2.24) is 15.2 Å². The Bertz CT molecular complexity index is 939. The zero-order valence-corrected chi connectivity index (χ0v) is 10.7. The van der Waals surface area contributed by atoms with Crippen LogP contribution in [0.4, 0.5) is 4.39 Å². The number of nitrogens with zero attached hydrogens (tertiary/aromatic N) is 1. The molecule has 0 fully saturated rings. The Kier molecular flexibility index (Phi) is 2.68. The molecule has 0 aliphatic carbocycles. The van der Waals surface area contributed by atoms with Crippen molar-refractivity contribution in [2.24, 2.45) is 0 Å². The first kappa shape index (κ1) is 12.5. The van der Waals surface area contributed by atoms with Crippen LogP contribution in [0.5, 0.6) is 0 Å². The van der Waals surface area contributed by atoms with Gasteiger partial charge in [0.25, 0.3) is 5.56 Å². The molecule has 2 aromatic heterocycles. The van der Waals surface area contributed by atoms with E-state index in [1.54, 1.807) is 0 Å². The molecule has 0 saturated heterocycles. The Hall–Kier alpha value is -2.48. The van der Waals surface area contributed by atoms with Crippen LogP contribution in [0.2, 0.25) is 0 Å². The van der Waals surface area contributed by atoms with E-state index in [1.807, 2.05) is 0 Å². The van der Waals surface area contributed by atoms with Crippen LogP contribution in [-0.2, 0) is 9.84 Å². The highest BCUT2D eigenvalue weighted by molar-refractivity contribution is 7.91. The van der Waals surface area contributed by atoms with Crippen LogP contribution in [0.3, 0.4) is 0 Å². The summed E-state index contributed by atoms with van der Waals surface area (Å²) in [5.74, 6) is -0.456. The fourth-order valence-electron chi connectivity index (χ4n) is 1.82. The molecule has 20 heavy (non-hydrogen) atoms. The summed E-state index contributed by atoms with van der Waals surface area (Å²) in [4.78, 5) is 13.6. The van der Waals surface area contributed by atoms with Gasteiger partial charge in [0.1, 0.15) is 10.8 Å². The number of aromatic amines is 2. The third kappa shape index (κ3) is 1.99. The molecule has 102 valence electrons. The van der Waals surface area contributed by atoms with Crippen LogP contribution >= 0.6 is 0 Å². The summed E-state index contributed by atoms with van der Waals surface area (Å²) >= 11 is 0. The summed E-state index contributed by atoms with van der Waals surface area (Å²) < 4.78 is 37.7. The molecule has 0 amide bonds. The number of hydrogen-bond acceptors (Lipinski definition) is 4. The second kappa shape index (κ2) is 4.27. The summed E-state index contributed by atoms with van der Waals surface area (Å²) in [7, 11) is -3.89. The largest absolute Gasteiger partial charge is 0.345 e. The molecule has 2 heterocycles. The number of benzene rings is 1. The zero-order chi connectivity index (χ0) is 14.3. The molecular weight excluding hydrogens is 285 g/mol. The number of H-pyrrole nitrogens is 2. The monoisotopic (exact) mass is 293 g/mol. The first-order chi connectivity index (χ1) is 9.46. The maximum absolute atomic E-state index is 13.1. The predicted molar refractivity (Wildman–Crippen MR) is 68.6 cm³/mol. The lowest BCUT2D eigenvalue weighted by atomic mass is 10.2. The number of sulfone groups is 1. The SMILES string of the molecule is O=c1ccc(S(=O)(=O)c2cc3cc(F)ccc3[nH]2)n[nH]1. The van der Waals surface area contributed by atoms with Crippen LogP contribution < -0.4 is 5.56 Å². The molecule has 2 N–H and O–H groups in total. The molecule has 0 spiro atoms. The van der Waals surface area contributed by atoms with Gasteiger partial charge in [-0.25, -0.2) is 17.9 Å². The van der Waals surface area contributed by atoms with Gasteiger partial charge in [-0.1, -0.05) is 0 Å². The average Bonchev–Trinajstić information content (AvgIpc) is 2.83. The summed E-state index contributed by atoms with van der Waals surface area (Å²) in [6.07, 6.45) is 0. The fraction of sp³-hybridized carbons (Fsp3) is 0. The number of rotatable bonds is 2. The van der Waals surface area contributed by atoms with Crippen molar-refractivity contribution in [2.75, 3.05) is 0 Å². The van der Waals surface area contributed by atoms with Crippen LogP contribution in [0.15, 0.2) is 51.2 Å². The van der Waals surface area contributed by atoms with Gasteiger partial charge in [0, 0.05) is 17.0 Å². The summed E-state index contributed by atoms with van der Waals surface area (Å²) in [5.41, 5.74) is -0.00272. The lowest BCUT2D eigenvalue weighted by Gasteiger charge is -1.99. The average molecular weight is 293 g/mol. The van der Waals surface area contributed by atoms with Crippen molar-refractivity contribution < 1.29 is 12.8 Å². The molecule has 6 nitrogen and oxygen atoms in total. The van der Waals surface area contributed by atoms with E-state index in [-0.39, 0.29) is 10.1 Å². The lowest BCUT2D eigenvalue weighted by Crippen LogP contribution is -2.12. The topological polar surface area (TPSA) is 95.7 Å². The predicted octanol–water partition coefficient (Wildman–Crippen LogP) is 1.22. The second-order valence-electron chi connectivity index (χ2n) is 4.13. The summed E-state index contributed by atoms with van der Waals surface area (Å²) in [5, 5.41) is 5.59. The molecule has 0 saturated carbocycles. The Morgan fingerprint density at radius 3 is 2.60 bits per heavy atom. The van der Waals surface area contributed by atoms with E-state index in [0.717, 1.165) is 12.1 Å². The van der Waals surface area contributed by atoms with E-state index in [9.17, 15) is 17.6 Å². The van der Waals surface area contributed by atoms with E-state index >= 15 is 0 Å². The molecule has 1 aromatic carbocycles. The van der Waals surface area contributed by atoms with Crippen LogP contribution in [0.1, 0.15) is 0 Å². The van der Waals surface area contributed by atoms with Crippen molar-refractivity contribution in [3.63, 3.8) is 0 Å². The Morgan fingerprint density at radius 2 is 1.90 bits per heavy atom. The van der Waals surface area contributed by atoms with Gasteiger partial charge in [-0.15, -0.1) is 0 Å². The van der Waals surface area contributed by atoms with E-state index < -0.39 is 21.2 Å². The summed E-state index contributed by atoms with van der Waals surface area (Å²) in [6, 6.07) is 7.41. The van der Waals surface area contributed by atoms with E-state index in [2.05, 4.69) is 15.2 Å². The third-order valence-electron chi connectivity index (χ3n) is 2.78. The quantitative estimate of drug-likeness (QED) is 0.742. The zero-order valence-electron chi connectivity index (χ0n) is 9.92. The van der Waals surface area contributed by atoms with E-state index in [1.165, 1.54) is 24.3 Å². The molecule has 3 rings (SSSR count). The maximum Gasteiger partial charge on any atom is 0.264 e. The standard InChI is InChI=1S/C12H8FN3O3S/c13-8-1-2-9-7(5-8)6-12(14-9)20(18,19)11-4-3-10(17)15-16-11/h1-6,14H,(H,15,17). The molecule has 0 aliphatic heterocycles. The second-order valence-corrected chi connectivity index (χ2v) is 5.99. The normalized spacial score (nSPS) is 11.8. The minimum absolute atomic E-state index is 0.113. The molecule has 0 atom stereocenters. The van der Waals surface area contributed by atoms with Crippen molar-refractivity contribution in [3.05, 3.63) is 52.6 Å². The highest BCUT2D eigenvalue weighted by Crippen LogP contribution is 2.23. The molecular formula is C12H8FN3O3S. The van der Waals surface area contributed by atoms with Gasteiger partial charge in [-0.2, -0.15) is 5.10 Å². The molecule has 8 heteroatoms.